The van der Waals surface area contributed by atoms with E-state index in [2.05, 4.69) is 29.2 Å². The van der Waals surface area contributed by atoms with Crippen molar-refractivity contribution in [1.29, 1.82) is 0 Å². The molecule has 0 saturated heterocycles. The first kappa shape index (κ1) is 12.5. The van der Waals surface area contributed by atoms with E-state index in [1.807, 2.05) is 12.1 Å². The molecule has 98 valence electrons. The Morgan fingerprint density at radius 2 is 2.16 bits per heavy atom. The minimum atomic E-state index is 0.114. The number of pyridine rings is 1. The molecule has 19 heavy (non-hydrogen) atoms. The van der Waals surface area contributed by atoms with Crippen molar-refractivity contribution < 1.29 is 4.74 Å². The molecule has 1 aromatic carbocycles. The van der Waals surface area contributed by atoms with E-state index in [0.29, 0.717) is 11.8 Å². The first-order valence-corrected chi connectivity index (χ1v) is 7.15. The van der Waals surface area contributed by atoms with Gasteiger partial charge in [0.15, 0.2) is 0 Å². The Morgan fingerprint density at radius 3 is 3.05 bits per heavy atom. The highest BCUT2D eigenvalue weighted by atomic mass is 35.5. The summed E-state index contributed by atoms with van der Waals surface area (Å²) >= 11 is 5.84. The molecule has 0 fully saturated rings. The van der Waals surface area contributed by atoms with Gasteiger partial charge in [0.25, 0.3) is 0 Å². The predicted molar refractivity (Wildman–Crippen MR) is 76.5 cm³/mol. The zero-order chi connectivity index (χ0) is 13.1. The molecular weight excluding hydrogens is 258 g/mol. The second kappa shape index (κ2) is 5.62. The smallest absolute Gasteiger partial charge is 0.214 e. The van der Waals surface area contributed by atoms with Crippen LogP contribution in [0.15, 0.2) is 42.6 Å². The number of aryl methyl sites for hydroxylation is 1. The van der Waals surface area contributed by atoms with Gasteiger partial charge >= 0.3 is 0 Å². The van der Waals surface area contributed by atoms with Gasteiger partial charge in [0.2, 0.25) is 5.88 Å². The third-order valence-corrected chi connectivity index (χ3v) is 3.84. The van der Waals surface area contributed by atoms with Crippen LogP contribution in [0.25, 0.3) is 0 Å². The minimum Gasteiger partial charge on any atom is -0.469 e. The summed E-state index contributed by atoms with van der Waals surface area (Å²) in [5.41, 5.74) is 3.73. The molecule has 1 atom stereocenters. The fraction of sp³-hybridized carbons (Fsp3) is 0.312. The lowest BCUT2D eigenvalue weighted by Gasteiger charge is -2.25. The standard InChI is InChI=1S/C16H16ClNO/c17-11-12-8-9-18-16(10-12)19-15-7-3-5-13-4-1-2-6-14(13)15/h1-2,4,6,8-10,15H,3,5,7,11H2. The van der Waals surface area contributed by atoms with Gasteiger partial charge in [-0.1, -0.05) is 24.3 Å². The summed E-state index contributed by atoms with van der Waals surface area (Å²) in [5, 5.41) is 0. The minimum absolute atomic E-state index is 0.114. The third kappa shape index (κ3) is 2.74. The van der Waals surface area contributed by atoms with E-state index in [0.717, 1.165) is 24.8 Å². The Labute approximate surface area is 118 Å². The van der Waals surface area contributed by atoms with Gasteiger partial charge in [0.1, 0.15) is 6.10 Å². The van der Waals surface area contributed by atoms with Gasteiger partial charge in [-0.05, 0) is 42.0 Å². The zero-order valence-corrected chi connectivity index (χ0v) is 11.4. The van der Waals surface area contributed by atoms with Crippen LogP contribution in [0, 0.1) is 0 Å². The Kier molecular flexibility index (Phi) is 3.69. The quantitative estimate of drug-likeness (QED) is 0.779. The van der Waals surface area contributed by atoms with Crippen molar-refractivity contribution in [3.8, 4) is 5.88 Å². The average molecular weight is 274 g/mol. The van der Waals surface area contributed by atoms with E-state index >= 15 is 0 Å². The van der Waals surface area contributed by atoms with E-state index in [-0.39, 0.29) is 6.10 Å². The van der Waals surface area contributed by atoms with Crippen molar-refractivity contribution in [1.82, 2.24) is 4.98 Å². The van der Waals surface area contributed by atoms with Crippen molar-refractivity contribution in [3.63, 3.8) is 0 Å². The Morgan fingerprint density at radius 1 is 1.26 bits per heavy atom. The van der Waals surface area contributed by atoms with Crippen LogP contribution < -0.4 is 4.74 Å². The number of hydrogen-bond donors (Lipinski definition) is 0. The fourth-order valence-electron chi connectivity index (χ4n) is 2.58. The number of benzene rings is 1. The monoisotopic (exact) mass is 273 g/mol. The molecule has 2 nitrogen and oxygen atoms in total. The summed E-state index contributed by atoms with van der Waals surface area (Å²) < 4.78 is 6.05. The molecule has 3 heteroatoms. The van der Waals surface area contributed by atoms with Crippen molar-refractivity contribution in [3.05, 3.63) is 59.3 Å². The maximum Gasteiger partial charge on any atom is 0.214 e. The van der Waals surface area contributed by atoms with Gasteiger partial charge in [0.05, 0.1) is 0 Å². The third-order valence-electron chi connectivity index (χ3n) is 3.53. The molecule has 0 spiro atoms. The fourth-order valence-corrected chi connectivity index (χ4v) is 2.74. The van der Waals surface area contributed by atoms with Gasteiger partial charge in [0, 0.05) is 18.1 Å². The van der Waals surface area contributed by atoms with E-state index in [4.69, 9.17) is 16.3 Å². The molecule has 0 bridgehead atoms. The average Bonchev–Trinajstić information content (AvgIpc) is 2.48. The van der Waals surface area contributed by atoms with Gasteiger partial charge in [-0.2, -0.15) is 0 Å². The second-order valence-electron chi connectivity index (χ2n) is 4.83. The summed E-state index contributed by atoms with van der Waals surface area (Å²) in [6.07, 6.45) is 5.22. The summed E-state index contributed by atoms with van der Waals surface area (Å²) in [6, 6.07) is 12.3. The van der Waals surface area contributed by atoms with Crippen LogP contribution >= 0.6 is 11.6 Å². The molecule has 1 aliphatic carbocycles. The number of nitrogens with zero attached hydrogens (tertiary/aromatic N) is 1. The first-order chi connectivity index (χ1) is 9.36. The number of alkyl halides is 1. The highest BCUT2D eigenvalue weighted by molar-refractivity contribution is 6.17. The molecule has 1 unspecified atom stereocenters. The number of halogens is 1. The van der Waals surface area contributed by atoms with Gasteiger partial charge < -0.3 is 4.74 Å². The maximum absolute atomic E-state index is 6.05. The van der Waals surface area contributed by atoms with E-state index in [1.54, 1.807) is 6.20 Å². The molecule has 0 amide bonds. The lowest BCUT2D eigenvalue weighted by Crippen LogP contribution is -2.15. The number of rotatable bonds is 3. The summed E-state index contributed by atoms with van der Waals surface area (Å²) in [7, 11) is 0. The highest BCUT2D eigenvalue weighted by Gasteiger charge is 2.21. The van der Waals surface area contributed by atoms with Gasteiger partial charge in [-0.25, -0.2) is 4.98 Å². The Bertz CT molecular complexity index is 570. The second-order valence-corrected chi connectivity index (χ2v) is 5.10. The van der Waals surface area contributed by atoms with Crippen LogP contribution in [0.3, 0.4) is 0 Å². The molecule has 1 heterocycles. The van der Waals surface area contributed by atoms with Crippen LogP contribution in [0.5, 0.6) is 5.88 Å². The largest absolute Gasteiger partial charge is 0.469 e. The molecule has 1 aliphatic rings. The molecule has 1 aromatic heterocycles. The van der Waals surface area contributed by atoms with Crippen LogP contribution in [0.2, 0.25) is 0 Å². The first-order valence-electron chi connectivity index (χ1n) is 6.62. The summed E-state index contributed by atoms with van der Waals surface area (Å²) in [6.45, 7) is 0. The lowest BCUT2D eigenvalue weighted by atomic mass is 9.89. The number of hydrogen-bond acceptors (Lipinski definition) is 2. The number of aromatic nitrogens is 1. The van der Waals surface area contributed by atoms with Crippen LogP contribution in [0.1, 0.15) is 35.6 Å². The predicted octanol–water partition coefficient (Wildman–Crippen LogP) is 4.28. The van der Waals surface area contributed by atoms with Crippen LogP contribution in [0.4, 0.5) is 0 Å². The molecule has 0 N–H and O–H groups in total. The SMILES string of the molecule is ClCc1ccnc(OC2CCCc3ccccc32)c1. The van der Waals surface area contributed by atoms with Crippen molar-refractivity contribution in [2.24, 2.45) is 0 Å². The number of fused-ring (bicyclic) bond motifs is 1. The van der Waals surface area contributed by atoms with Crippen LogP contribution in [-0.4, -0.2) is 4.98 Å². The Balaban J connectivity index is 1.84. The molecule has 3 rings (SSSR count). The molecule has 0 aliphatic heterocycles. The van der Waals surface area contributed by atoms with Gasteiger partial charge in [-0.3, -0.25) is 0 Å². The molecular formula is C16H16ClNO. The lowest BCUT2D eigenvalue weighted by molar-refractivity contribution is 0.175. The summed E-state index contributed by atoms with van der Waals surface area (Å²) in [4.78, 5) is 4.27. The van der Waals surface area contributed by atoms with Gasteiger partial charge in [-0.15, -0.1) is 11.6 Å². The van der Waals surface area contributed by atoms with Crippen molar-refractivity contribution >= 4 is 11.6 Å². The molecule has 2 aromatic rings. The number of ether oxygens (including phenoxy) is 1. The molecule has 0 radical (unpaired) electrons. The van der Waals surface area contributed by atoms with E-state index in [1.165, 1.54) is 11.1 Å². The van der Waals surface area contributed by atoms with Crippen molar-refractivity contribution in [2.75, 3.05) is 0 Å². The molecule has 0 saturated carbocycles. The normalized spacial score (nSPS) is 17.8. The Hall–Kier alpha value is -1.54. The van der Waals surface area contributed by atoms with E-state index in [9.17, 15) is 0 Å². The van der Waals surface area contributed by atoms with Crippen LogP contribution in [-0.2, 0) is 12.3 Å². The van der Waals surface area contributed by atoms with Crippen molar-refractivity contribution in [2.45, 2.75) is 31.2 Å². The zero-order valence-electron chi connectivity index (χ0n) is 10.7. The highest BCUT2D eigenvalue weighted by Crippen LogP contribution is 2.33. The maximum atomic E-state index is 6.05. The summed E-state index contributed by atoms with van der Waals surface area (Å²) in [5.74, 6) is 1.15. The van der Waals surface area contributed by atoms with E-state index < -0.39 is 0 Å². The topological polar surface area (TPSA) is 22.1 Å².